The molecule has 0 bridgehead atoms. The molecule has 0 aliphatic carbocycles. The van der Waals surface area contributed by atoms with Gasteiger partial charge in [-0.15, -0.1) is 13.2 Å². The Kier molecular flexibility index (Phi) is 9.23. The number of nitrogens with zero attached hydrogens (tertiary/aromatic N) is 2. The summed E-state index contributed by atoms with van der Waals surface area (Å²) in [5.41, 5.74) is -4.49. The van der Waals surface area contributed by atoms with Gasteiger partial charge in [0.2, 0.25) is 5.60 Å². The molecule has 4 aromatic rings. The minimum atomic E-state index is -5.42. The summed E-state index contributed by atoms with van der Waals surface area (Å²) in [6.45, 7) is 4.80. The lowest BCUT2D eigenvalue weighted by Gasteiger charge is -2.31. The lowest BCUT2D eigenvalue weighted by molar-refractivity contribution is -0.274. The van der Waals surface area contributed by atoms with Gasteiger partial charge in [-0.2, -0.15) is 13.2 Å². The SMILES string of the molecule is CCOc1c(C)cc([C@@](O)(CNC(=O)c2cc(OC(F)(F)F)c3nc(C)c(C)cc3c2)C(F)(F)F)nc1-c1ccc(F)c(Cl)c1. The molecule has 0 spiro atoms. The standard InChI is InChI=1S/C30H25ClF7N3O4/c1-5-44-26-15(3)9-23(41-25(26)17-6-7-21(32)20(31)11-17)28(43,29(33,34)35)13-39-27(42)19-10-18-8-14(2)16(4)40-24(18)22(12-19)45-30(36,37)38/h6-12,43H,5,13H2,1-4H3,(H,39,42)/t28-/m0/s1. The summed E-state index contributed by atoms with van der Waals surface area (Å²) in [7, 11) is 0. The fraction of sp³-hybridized carbons (Fsp3) is 0.300. The van der Waals surface area contributed by atoms with Crippen LogP contribution in [-0.2, 0) is 5.60 Å². The fourth-order valence-electron chi connectivity index (χ4n) is 4.47. The van der Waals surface area contributed by atoms with E-state index in [1.165, 1.54) is 19.1 Å². The number of amides is 1. The van der Waals surface area contributed by atoms with Crippen LogP contribution < -0.4 is 14.8 Å². The maximum atomic E-state index is 14.5. The van der Waals surface area contributed by atoms with E-state index in [1.807, 2.05) is 5.32 Å². The van der Waals surface area contributed by atoms with Crippen molar-refractivity contribution < 1.29 is 50.1 Å². The molecule has 240 valence electrons. The van der Waals surface area contributed by atoms with Crippen LogP contribution in [0.3, 0.4) is 0 Å². The molecule has 0 fully saturated rings. The molecule has 2 aromatic heterocycles. The summed E-state index contributed by atoms with van der Waals surface area (Å²) in [6, 6.07) is 7.50. The molecular weight excluding hydrogens is 635 g/mol. The summed E-state index contributed by atoms with van der Waals surface area (Å²) in [6.07, 6.45) is -10.6. The molecule has 1 atom stereocenters. The molecule has 0 aliphatic heterocycles. The van der Waals surface area contributed by atoms with Crippen LogP contribution in [0.25, 0.3) is 22.2 Å². The maximum absolute atomic E-state index is 14.5. The van der Waals surface area contributed by atoms with Gasteiger partial charge in [-0.3, -0.25) is 4.79 Å². The molecule has 7 nitrogen and oxygen atoms in total. The second-order valence-corrected chi connectivity index (χ2v) is 10.5. The number of aromatic nitrogens is 2. The molecule has 2 heterocycles. The number of halogens is 8. The summed E-state index contributed by atoms with van der Waals surface area (Å²) in [4.78, 5) is 21.2. The molecule has 0 saturated heterocycles. The van der Waals surface area contributed by atoms with Gasteiger partial charge >= 0.3 is 12.5 Å². The van der Waals surface area contributed by atoms with Gasteiger partial charge < -0.3 is 19.9 Å². The van der Waals surface area contributed by atoms with Crippen molar-refractivity contribution in [2.24, 2.45) is 0 Å². The average Bonchev–Trinajstić information content (AvgIpc) is 2.93. The zero-order valence-corrected chi connectivity index (χ0v) is 24.8. The van der Waals surface area contributed by atoms with Crippen molar-refractivity contribution in [2.75, 3.05) is 13.2 Å². The molecule has 0 radical (unpaired) electrons. The van der Waals surface area contributed by atoms with Gasteiger partial charge in [-0.05, 0) is 81.3 Å². The summed E-state index contributed by atoms with van der Waals surface area (Å²) >= 11 is 5.88. The third-order valence-electron chi connectivity index (χ3n) is 6.85. The lowest BCUT2D eigenvalue weighted by atomic mass is 9.94. The number of pyridine rings is 2. The zero-order chi connectivity index (χ0) is 33.5. The number of carbonyl (C=O) groups is 1. The summed E-state index contributed by atoms with van der Waals surface area (Å²) in [5.74, 6) is -2.84. The van der Waals surface area contributed by atoms with Gasteiger partial charge in [0.05, 0.1) is 23.9 Å². The first kappa shape index (κ1) is 33.7. The number of hydrogen-bond donors (Lipinski definition) is 2. The van der Waals surface area contributed by atoms with Crippen molar-refractivity contribution in [1.29, 1.82) is 0 Å². The number of ether oxygens (including phenoxy) is 2. The number of aliphatic hydroxyl groups is 1. The minimum absolute atomic E-state index is 0.0463. The Hall–Kier alpha value is -4.17. The molecule has 15 heteroatoms. The van der Waals surface area contributed by atoms with Crippen LogP contribution >= 0.6 is 11.6 Å². The Balaban J connectivity index is 1.77. The molecule has 1 amide bonds. The third-order valence-corrected chi connectivity index (χ3v) is 7.14. The maximum Gasteiger partial charge on any atom is 0.573 e. The highest BCUT2D eigenvalue weighted by Gasteiger charge is 2.56. The van der Waals surface area contributed by atoms with Crippen molar-refractivity contribution in [3.05, 3.63) is 81.4 Å². The van der Waals surface area contributed by atoms with Crippen LogP contribution in [-0.4, -0.2) is 46.7 Å². The first-order valence-corrected chi connectivity index (χ1v) is 13.6. The van der Waals surface area contributed by atoms with Crippen LogP contribution in [0.4, 0.5) is 30.7 Å². The van der Waals surface area contributed by atoms with E-state index in [9.17, 15) is 40.6 Å². The number of aryl methyl sites for hydroxylation is 3. The van der Waals surface area contributed by atoms with Crippen molar-refractivity contribution in [3.63, 3.8) is 0 Å². The van der Waals surface area contributed by atoms with Gasteiger partial charge in [0, 0.05) is 22.2 Å². The lowest BCUT2D eigenvalue weighted by Crippen LogP contribution is -2.51. The van der Waals surface area contributed by atoms with E-state index in [1.54, 1.807) is 20.8 Å². The van der Waals surface area contributed by atoms with E-state index in [0.29, 0.717) is 17.3 Å². The number of hydrogen-bond acceptors (Lipinski definition) is 6. The van der Waals surface area contributed by atoms with E-state index in [0.717, 1.165) is 24.3 Å². The zero-order valence-electron chi connectivity index (χ0n) is 24.0. The van der Waals surface area contributed by atoms with Gasteiger partial charge in [-0.25, -0.2) is 14.4 Å². The molecular formula is C30H25ClF7N3O4. The van der Waals surface area contributed by atoms with Gasteiger partial charge in [-0.1, -0.05) is 11.6 Å². The Labute approximate surface area is 257 Å². The Morgan fingerprint density at radius 3 is 2.27 bits per heavy atom. The second-order valence-electron chi connectivity index (χ2n) is 10.1. The first-order chi connectivity index (χ1) is 20.8. The Morgan fingerprint density at radius 1 is 0.978 bits per heavy atom. The van der Waals surface area contributed by atoms with E-state index in [4.69, 9.17) is 16.3 Å². The minimum Gasteiger partial charge on any atom is -0.491 e. The highest BCUT2D eigenvalue weighted by atomic mass is 35.5. The molecule has 0 unspecified atom stereocenters. The van der Waals surface area contributed by atoms with E-state index in [-0.39, 0.29) is 45.1 Å². The number of nitrogens with one attached hydrogen (secondary N) is 1. The van der Waals surface area contributed by atoms with Crippen LogP contribution in [0.1, 0.15) is 39.8 Å². The Morgan fingerprint density at radius 2 is 1.67 bits per heavy atom. The molecule has 0 saturated carbocycles. The normalized spacial score (nSPS) is 13.4. The number of carbonyl (C=O) groups excluding carboxylic acids is 1. The van der Waals surface area contributed by atoms with Crippen molar-refractivity contribution >= 4 is 28.4 Å². The van der Waals surface area contributed by atoms with Crippen LogP contribution in [0, 0.1) is 26.6 Å². The number of rotatable bonds is 8. The molecule has 0 aliphatic rings. The quantitative estimate of drug-likeness (QED) is 0.191. The summed E-state index contributed by atoms with van der Waals surface area (Å²) in [5, 5.41) is 12.7. The third kappa shape index (κ3) is 7.06. The monoisotopic (exact) mass is 659 g/mol. The largest absolute Gasteiger partial charge is 0.573 e. The number of alkyl halides is 6. The number of fused-ring (bicyclic) bond motifs is 1. The predicted octanol–water partition coefficient (Wildman–Crippen LogP) is 7.49. The van der Waals surface area contributed by atoms with E-state index >= 15 is 0 Å². The molecule has 45 heavy (non-hydrogen) atoms. The topological polar surface area (TPSA) is 93.6 Å². The Bertz CT molecular complexity index is 1780. The average molecular weight is 660 g/mol. The predicted molar refractivity (Wildman–Crippen MR) is 151 cm³/mol. The van der Waals surface area contributed by atoms with Crippen molar-refractivity contribution in [2.45, 2.75) is 45.8 Å². The highest BCUT2D eigenvalue weighted by Crippen LogP contribution is 2.42. The van der Waals surface area contributed by atoms with Gasteiger partial charge in [0.15, 0.2) is 5.75 Å². The molecule has 2 aromatic carbocycles. The first-order valence-electron chi connectivity index (χ1n) is 13.2. The number of benzene rings is 2. The van der Waals surface area contributed by atoms with Crippen molar-refractivity contribution in [1.82, 2.24) is 15.3 Å². The molecule has 2 N–H and O–H groups in total. The van der Waals surface area contributed by atoms with E-state index in [2.05, 4.69) is 14.7 Å². The highest BCUT2D eigenvalue weighted by molar-refractivity contribution is 6.31. The second kappa shape index (κ2) is 12.3. The molecule has 4 rings (SSSR count). The fourth-order valence-corrected chi connectivity index (χ4v) is 4.65. The summed E-state index contributed by atoms with van der Waals surface area (Å²) < 4.78 is 106. The van der Waals surface area contributed by atoms with Crippen LogP contribution in [0.2, 0.25) is 5.02 Å². The van der Waals surface area contributed by atoms with Gasteiger partial charge in [0.25, 0.3) is 5.91 Å². The smallest absolute Gasteiger partial charge is 0.491 e. The van der Waals surface area contributed by atoms with Gasteiger partial charge in [0.1, 0.15) is 22.8 Å². The van der Waals surface area contributed by atoms with Crippen LogP contribution in [0.5, 0.6) is 11.5 Å². The van der Waals surface area contributed by atoms with Crippen molar-refractivity contribution in [3.8, 4) is 22.8 Å². The van der Waals surface area contributed by atoms with E-state index < -0.39 is 53.4 Å². The van der Waals surface area contributed by atoms with Crippen LogP contribution in [0.15, 0.2) is 42.5 Å².